The van der Waals surface area contributed by atoms with E-state index in [2.05, 4.69) is 22.0 Å². The predicted octanol–water partition coefficient (Wildman–Crippen LogP) is 1.66. The maximum atomic E-state index is 8.88. The van der Waals surface area contributed by atoms with Gasteiger partial charge in [-0.05, 0) is 24.1 Å². The molecule has 0 radical (unpaired) electrons. The predicted molar refractivity (Wildman–Crippen MR) is 65.2 cm³/mol. The molecule has 0 spiro atoms. The van der Waals surface area contributed by atoms with Crippen LogP contribution in [0.25, 0.3) is 10.8 Å². The van der Waals surface area contributed by atoms with Gasteiger partial charge in [-0.1, -0.05) is 18.2 Å². The first-order valence-electron chi connectivity index (χ1n) is 5.42. The van der Waals surface area contributed by atoms with Crippen molar-refractivity contribution in [3.8, 4) is 0 Å². The SMILES string of the molecule is CN(CCO)Cc1cccc2cnccc12. The van der Waals surface area contributed by atoms with Crippen molar-refractivity contribution in [1.29, 1.82) is 0 Å². The van der Waals surface area contributed by atoms with Gasteiger partial charge in [0.1, 0.15) is 0 Å². The van der Waals surface area contributed by atoms with Crippen molar-refractivity contribution < 1.29 is 5.11 Å². The van der Waals surface area contributed by atoms with E-state index in [1.54, 1.807) is 0 Å². The van der Waals surface area contributed by atoms with Crippen LogP contribution in [0, 0.1) is 0 Å². The first kappa shape index (κ1) is 11.0. The zero-order valence-electron chi connectivity index (χ0n) is 9.43. The summed E-state index contributed by atoms with van der Waals surface area (Å²) in [5.41, 5.74) is 1.27. The summed E-state index contributed by atoms with van der Waals surface area (Å²) in [5.74, 6) is 0. The lowest BCUT2D eigenvalue weighted by molar-refractivity contribution is 0.217. The fourth-order valence-electron chi connectivity index (χ4n) is 1.87. The van der Waals surface area contributed by atoms with Gasteiger partial charge in [-0.3, -0.25) is 9.88 Å². The maximum Gasteiger partial charge on any atom is 0.0558 e. The third-order valence-corrected chi connectivity index (χ3v) is 2.69. The number of aliphatic hydroxyl groups excluding tert-OH is 1. The number of pyridine rings is 1. The summed E-state index contributed by atoms with van der Waals surface area (Å²) in [5, 5.41) is 11.3. The van der Waals surface area contributed by atoms with Crippen molar-refractivity contribution in [2.75, 3.05) is 20.2 Å². The van der Waals surface area contributed by atoms with Crippen LogP contribution in [0.5, 0.6) is 0 Å². The fraction of sp³-hybridized carbons (Fsp3) is 0.308. The van der Waals surface area contributed by atoms with Gasteiger partial charge in [0, 0.05) is 30.9 Å². The van der Waals surface area contributed by atoms with Crippen LogP contribution in [-0.2, 0) is 6.54 Å². The molecule has 2 rings (SSSR count). The van der Waals surface area contributed by atoms with Crippen LogP contribution in [0.15, 0.2) is 36.7 Å². The standard InChI is InChI=1S/C13H16N2O/c1-15(7-8-16)10-12-4-2-3-11-9-14-6-5-13(11)12/h2-6,9,16H,7-8,10H2,1H3. The van der Waals surface area contributed by atoms with E-state index in [1.807, 2.05) is 31.6 Å². The minimum atomic E-state index is 0.197. The molecule has 0 bridgehead atoms. The average Bonchev–Trinajstić information content (AvgIpc) is 2.30. The van der Waals surface area contributed by atoms with Crippen molar-refractivity contribution in [3.05, 3.63) is 42.2 Å². The highest BCUT2D eigenvalue weighted by Crippen LogP contribution is 2.18. The van der Waals surface area contributed by atoms with Crippen molar-refractivity contribution in [3.63, 3.8) is 0 Å². The number of rotatable bonds is 4. The molecule has 3 nitrogen and oxygen atoms in total. The average molecular weight is 216 g/mol. The summed E-state index contributed by atoms with van der Waals surface area (Å²) in [4.78, 5) is 6.22. The van der Waals surface area contributed by atoms with Gasteiger partial charge in [0.25, 0.3) is 0 Å². The Labute approximate surface area is 95.3 Å². The quantitative estimate of drug-likeness (QED) is 0.844. The number of benzene rings is 1. The van der Waals surface area contributed by atoms with Gasteiger partial charge >= 0.3 is 0 Å². The van der Waals surface area contributed by atoms with Crippen LogP contribution in [0.2, 0.25) is 0 Å². The van der Waals surface area contributed by atoms with Crippen molar-refractivity contribution >= 4 is 10.8 Å². The second-order valence-corrected chi connectivity index (χ2v) is 3.98. The van der Waals surface area contributed by atoms with Crippen LogP contribution in [0.1, 0.15) is 5.56 Å². The lowest BCUT2D eigenvalue weighted by atomic mass is 10.1. The highest BCUT2D eigenvalue weighted by atomic mass is 16.3. The van der Waals surface area contributed by atoms with E-state index in [-0.39, 0.29) is 6.61 Å². The van der Waals surface area contributed by atoms with Crippen LogP contribution in [0.4, 0.5) is 0 Å². The number of hydrogen-bond donors (Lipinski definition) is 1. The molecule has 1 N–H and O–H groups in total. The summed E-state index contributed by atoms with van der Waals surface area (Å²) in [7, 11) is 2.01. The Hall–Kier alpha value is -1.45. The van der Waals surface area contributed by atoms with E-state index in [0.717, 1.165) is 11.9 Å². The number of hydrogen-bond acceptors (Lipinski definition) is 3. The summed E-state index contributed by atoms with van der Waals surface area (Å²) in [6, 6.07) is 8.28. The summed E-state index contributed by atoms with van der Waals surface area (Å²) < 4.78 is 0. The Morgan fingerprint density at radius 1 is 1.31 bits per heavy atom. The Bertz CT molecular complexity index is 465. The molecule has 0 unspecified atom stereocenters. The number of likely N-dealkylation sites (N-methyl/N-ethyl adjacent to an activating group) is 1. The third kappa shape index (κ3) is 2.38. The molecule has 0 aliphatic heterocycles. The number of fused-ring (bicyclic) bond motifs is 1. The second kappa shape index (κ2) is 5.05. The van der Waals surface area contributed by atoms with Crippen LogP contribution in [-0.4, -0.2) is 35.2 Å². The van der Waals surface area contributed by atoms with Gasteiger partial charge in [0.15, 0.2) is 0 Å². The second-order valence-electron chi connectivity index (χ2n) is 3.98. The fourth-order valence-corrected chi connectivity index (χ4v) is 1.87. The maximum absolute atomic E-state index is 8.88. The van der Waals surface area contributed by atoms with Gasteiger partial charge in [-0.15, -0.1) is 0 Å². The molecular formula is C13H16N2O. The largest absolute Gasteiger partial charge is 0.395 e. The van der Waals surface area contributed by atoms with E-state index in [9.17, 15) is 0 Å². The van der Waals surface area contributed by atoms with Gasteiger partial charge in [0.05, 0.1) is 6.61 Å². The molecule has 0 saturated heterocycles. The molecule has 84 valence electrons. The van der Waals surface area contributed by atoms with E-state index in [1.165, 1.54) is 10.9 Å². The Kier molecular flexibility index (Phi) is 3.49. The molecular weight excluding hydrogens is 200 g/mol. The molecule has 0 fully saturated rings. The minimum Gasteiger partial charge on any atom is -0.395 e. The summed E-state index contributed by atoms with van der Waals surface area (Å²) >= 11 is 0. The highest BCUT2D eigenvalue weighted by Gasteiger charge is 2.03. The number of aromatic nitrogens is 1. The zero-order chi connectivity index (χ0) is 11.4. The molecule has 0 aliphatic carbocycles. The van der Waals surface area contributed by atoms with E-state index in [4.69, 9.17) is 5.11 Å². The molecule has 16 heavy (non-hydrogen) atoms. The Morgan fingerprint density at radius 2 is 2.19 bits per heavy atom. The topological polar surface area (TPSA) is 36.4 Å². The lowest BCUT2D eigenvalue weighted by Gasteiger charge is -2.16. The van der Waals surface area contributed by atoms with E-state index >= 15 is 0 Å². The molecule has 0 aliphatic rings. The third-order valence-electron chi connectivity index (χ3n) is 2.69. The molecule has 1 aromatic heterocycles. The van der Waals surface area contributed by atoms with Gasteiger partial charge in [-0.25, -0.2) is 0 Å². The summed E-state index contributed by atoms with van der Waals surface area (Å²) in [6.45, 7) is 1.74. The molecule has 0 amide bonds. The number of aliphatic hydroxyl groups is 1. The first-order chi connectivity index (χ1) is 7.81. The Morgan fingerprint density at radius 3 is 3.00 bits per heavy atom. The van der Waals surface area contributed by atoms with Crippen molar-refractivity contribution in [1.82, 2.24) is 9.88 Å². The monoisotopic (exact) mass is 216 g/mol. The van der Waals surface area contributed by atoms with E-state index in [0.29, 0.717) is 6.54 Å². The van der Waals surface area contributed by atoms with Crippen molar-refractivity contribution in [2.45, 2.75) is 6.54 Å². The summed E-state index contributed by atoms with van der Waals surface area (Å²) in [6.07, 6.45) is 3.70. The van der Waals surface area contributed by atoms with Gasteiger partial charge in [-0.2, -0.15) is 0 Å². The number of nitrogens with zero attached hydrogens (tertiary/aromatic N) is 2. The molecule has 3 heteroatoms. The first-order valence-corrected chi connectivity index (χ1v) is 5.42. The molecule has 0 atom stereocenters. The minimum absolute atomic E-state index is 0.197. The van der Waals surface area contributed by atoms with Crippen LogP contribution in [0.3, 0.4) is 0 Å². The van der Waals surface area contributed by atoms with Crippen molar-refractivity contribution in [2.24, 2.45) is 0 Å². The molecule has 1 aromatic carbocycles. The van der Waals surface area contributed by atoms with Crippen LogP contribution >= 0.6 is 0 Å². The van der Waals surface area contributed by atoms with Gasteiger partial charge < -0.3 is 5.11 Å². The molecule has 0 saturated carbocycles. The van der Waals surface area contributed by atoms with E-state index < -0.39 is 0 Å². The van der Waals surface area contributed by atoms with Crippen LogP contribution < -0.4 is 0 Å². The highest BCUT2D eigenvalue weighted by molar-refractivity contribution is 5.84. The zero-order valence-corrected chi connectivity index (χ0v) is 9.43. The van der Waals surface area contributed by atoms with Gasteiger partial charge in [0.2, 0.25) is 0 Å². The lowest BCUT2D eigenvalue weighted by Crippen LogP contribution is -2.21. The molecule has 1 heterocycles. The Balaban J connectivity index is 2.30. The normalized spacial score (nSPS) is 11.2. The smallest absolute Gasteiger partial charge is 0.0558 e. The molecule has 2 aromatic rings.